The molecule has 1 amide bonds. The van der Waals surface area contributed by atoms with E-state index in [2.05, 4.69) is 15.4 Å². The van der Waals surface area contributed by atoms with Crippen LogP contribution >= 0.6 is 0 Å². The number of H-pyrrole nitrogens is 1. The zero-order chi connectivity index (χ0) is 14.5. The highest BCUT2D eigenvalue weighted by atomic mass is 19.1. The van der Waals surface area contributed by atoms with Gasteiger partial charge >= 0.3 is 0 Å². The highest BCUT2D eigenvalue weighted by molar-refractivity contribution is 5.97. The number of ether oxygens (including phenoxy) is 1. The maximum absolute atomic E-state index is 13.4. The Hall–Kier alpha value is -2.28. The molecular weight excluding hydrogens is 263 g/mol. The van der Waals surface area contributed by atoms with Gasteiger partial charge in [-0.25, -0.2) is 4.39 Å². The molecule has 0 aliphatic carbocycles. The summed E-state index contributed by atoms with van der Waals surface area (Å²) in [5, 5.41) is 9.97. The van der Waals surface area contributed by atoms with Crippen LogP contribution in [0.15, 0.2) is 18.2 Å². The Balaban J connectivity index is 2.39. The van der Waals surface area contributed by atoms with E-state index in [-0.39, 0.29) is 18.1 Å². The number of halogens is 1. The largest absolute Gasteiger partial charge is 0.377 e. The number of primary amides is 1. The van der Waals surface area contributed by atoms with Gasteiger partial charge in [0.2, 0.25) is 0 Å². The van der Waals surface area contributed by atoms with Gasteiger partial charge in [0.05, 0.1) is 6.61 Å². The van der Waals surface area contributed by atoms with Crippen molar-refractivity contribution >= 4 is 5.91 Å². The zero-order valence-corrected chi connectivity index (χ0v) is 11.0. The first kappa shape index (κ1) is 14.1. The molecular formula is C13H15FN4O2. The number of carbonyl (C=O) groups is 1. The Morgan fingerprint density at radius 1 is 1.45 bits per heavy atom. The normalized spacial score (nSPS) is 10.7. The van der Waals surface area contributed by atoms with E-state index in [1.54, 1.807) is 0 Å². The van der Waals surface area contributed by atoms with E-state index in [1.165, 1.54) is 18.2 Å². The Bertz CT molecular complexity index is 612. The molecule has 0 saturated carbocycles. The fourth-order valence-electron chi connectivity index (χ4n) is 1.83. The smallest absolute Gasteiger partial charge is 0.271 e. The van der Waals surface area contributed by atoms with Crippen molar-refractivity contribution in [2.24, 2.45) is 5.73 Å². The second kappa shape index (κ2) is 6.25. The first-order chi connectivity index (χ1) is 9.63. The van der Waals surface area contributed by atoms with Crippen LogP contribution in [0.3, 0.4) is 0 Å². The predicted octanol–water partition coefficient (Wildman–Crippen LogP) is 1.64. The van der Waals surface area contributed by atoms with Crippen molar-refractivity contribution in [3.8, 4) is 11.3 Å². The van der Waals surface area contributed by atoms with Crippen LogP contribution in [0.2, 0.25) is 0 Å². The lowest BCUT2D eigenvalue weighted by Gasteiger charge is -2.09. The minimum Gasteiger partial charge on any atom is -0.377 e. The Kier molecular flexibility index (Phi) is 4.41. The van der Waals surface area contributed by atoms with Crippen molar-refractivity contribution in [3.05, 3.63) is 35.3 Å². The molecule has 20 heavy (non-hydrogen) atoms. The first-order valence-electron chi connectivity index (χ1n) is 6.20. The molecule has 0 unspecified atom stereocenters. The molecule has 0 bridgehead atoms. The number of nitrogens with one attached hydrogen (secondary N) is 1. The average Bonchev–Trinajstić information content (AvgIpc) is 2.88. The summed E-state index contributed by atoms with van der Waals surface area (Å²) in [6.45, 7) is 2.78. The van der Waals surface area contributed by atoms with Crippen molar-refractivity contribution in [1.29, 1.82) is 0 Å². The lowest BCUT2D eigenvalue weighted by Crippen LogP contribution is -2.13. The van der Waals surface area contributed by atoms with Gasteiger partial charge in [-0.3, -0.25) is 4.79 Å². The predicted molar refractivity (Wildman–Crippen MR) is 70.2 cm³/mol. The Labute approximate surface area is 115 Å². The molecule has 0 aliphatic rings. The number of rotatable bonds is 6. The van der Waals surface area contributed by atoms with Gasteiger partial charge in [0.25, 0.3) is 5.91 Å². The lowest BCUT2D eigenvalue weighted by molar-refractivity contribution is 0.0996. The highest BCUT2D eigenvalue weighted by Crippen LogP contribution is 2.25. The van der Waals surface area contributed by atoms with Gasteiger partial charge in [-0.1, -0.05) is 6.92 Å². The monoisotopic (exact) mass is 278 g/mol. The lowest BCUT2D eigenvalue weighted by atomic mass is 10.0. The number of amides is 1. The molecule has 1 aromatic carbocycles. The summed E-state index contributed by atoms with van der Waals surface area (Å²) in [6.07, 6.45) is 0.862. The molecule has 0 spiro atoms. The SMILES string of the molecule is CCCOCc1cc(F)ccc1-c1n[nH]nc1C(N)=O. The third-order valence-electron chi connectivity index (χ3n) is 2.71. The van der Waals surface area contributed by atoms with E-state index >= 15 is 0 Å². The van der Waals surface area contributed by atoms with Gasteiger partial charge in [-0.15, -0.1) is 0 Å². The highest BCUT2D eigenvalue weighted by Gasteiger charge is 2.18. The zero-order valence-electron chi connectivity index (χ0n) is 11.0. The van der Waals surface area contributed by atoms with Gasteiger partial charge in [0, 0.05) is 12.2 Å². The van der Waals surface area contributed by atoms with Gasteiger partial charge in [-0.2, -0.15) is 15.4 Å². The summed E-state index contributed by atoms with van der Waals surface area (Å²) in [6, 6.07) is 4.17. The summed E-state index contributed by atoms with van der Waals surface area (Å²) in [5.74, 6) is -1.08. The van der Waals surface area contributed by atoms with E-state index in [0.29, 0.717) is 23.4 Å². The van der Waals surface area contributed by atoms with E-state index in [4.69, 9.17) is 10.5 Å². The number of nitrogens with zero attached hydrogens (tertiary/aromatic N) is 2. The second-order valence-corrected chi connectivity index (χ2v) is 4.24. The summed E-state index contributed by atoms with van der Waals surface area (Å²) >= 11 is 0. The first-order valence-corrected chi connectivity index (χ1v) is 6.20. The van der Waals surface area contributed by atoms with Crippen LogP contribution in [-0.4, -0.2) is 27.9 Å². The molecule has 1 heterocycles. The van der Waals surface area contributed by atoms with Crippen LogP contribution in [-0.2, 0) is 11.3 Å². The third kappa shape index (κ3) is 3.00. The Morgan fingerprint density at radius 2 is 2.25 bits per heavy atom. The van der Waals surface area contributed by atoms with Crippen LogP contribution in [0.1, 0.15) is 29.4 Å². The molecule has 2 aromatic rings. The quantitative estimate of drug-likeness (QED) is 0.785. The molecule has 0 saturated heterocycles. The minimum atomic E-state index is -0.696. The van der Waals surface area contributed by atoms with Gasteiger partial charge < -0.3 is 10.5 Å². The van der Waals surface area contributed by atoms with E-state index in [9.17, 15) is 9.18 Å². The number of nitrogens with two attached hydrogens (primary N) is 1. The molecule has 1 aromatic heterocycles. The number of aromatic amines is 1. The van der Waals surface area contributed by atoms with Gasteiger partial charge in [-0.05, 0) is 30.2 Å². The third-order valence-corrected chi connectivity index (χ3v) is 2.71. The molecule has 0 aliphatic heterocycles. The van der Waals surface area contributed by atoms with Crippen molar-refractivity contribution in [3.63, 3.8) is 0 Å². The Morgan fingerprint density at radius 3 is 2.95 bits per heavy atom. The number of hydrogen-bond donors (Lipinski definition) is 2. The summed E-state index contributed by atoms with van der Waals surface area (Å²) < 4.78 is 18.8. The van der Waals surface area contributed by atoms with Crippen LogP contribution < -0.4 is 5.73 Å². The van der Waals surface area contributed by atoms with Crippen LogP contribution in [0.4, 0.5) is 4.39 Å². The molecule has 7 heteroatoms. The van der Waals surface area contributed by atoms with E-state index < -0.39 is 5.91 Å². The molecule has 0 atom stereocenters. The average molecular weight is 278 g/mol. The van der Waals surface area contributed by atoms with Crippen LogP contribution in [0, 0.1) is 5.82 Å². The van der Waals surface area contributed by atoms with Crippen molar-refractivity contribution in [1.82, 2.24) is 15.4 Å². The summed E-state index contributed by atoms with van der Waals surface area (Å²) in [4.78, 5) is 11.3. The molecule has 106 valence electrons. The maximum Gasteiger partial charge on any atom is 0.271 e. The minimum absolute atomic E-state index is 0.0216. The maximum atomic E-state index is 13.4. The van der Waals surface area contributed by atoms with Crippen LogP contribution in [0.25, 0.3) is 11.3 Å². The summed E-state index contributed by atoms with van der Waals surface area (Å²) in [5.41, 5.74) is 6.72. The molecule has 2 rings (SSSR count). The topological polar surface area (TPSA) is 93.9 Å². The molecule has 6 nitrogen and oxygen atoms in total. The van der Waals surface area contributed by atoms with Crippen LogP contribution in [0.5, 0.6) is 0 Å². The number of aromatic nitrogens is 3. The van der Waals surface area contributed by atoms with E-state index in [1.807, 2.05) is 6.92 Å². The summed E-state index contributed by atoms with van der Waals surface area (Å²) in [7, 11) is 0. The molecule has 0 radical (unpaired) electrons. The van der Waals surface area contributed by atoms with E-state index in [0.717, 1.165) is 6.42 Å². The number of carbonyl (C=O) groups excluding carboxylic acids is 1. The standard InChI is InChI=1S/C13H15FN4O2/c1-2-5-20-7-8-6-9(14)3-4-10(8)11-12(13(15)19)17-18-16-11/h3-4,6H,2,5,7H2,1H3,(H2,15,19)(H,16,17,18). The number of hydrogen-bond acceptors (Lipinski definition) is 4. The van der Waals surface area contributed by atoms with Gasteiger partial charge in [0.1, 0.15) is 11.5 Å². The molecule has 3 N–H and O–H groups in total. The molecule has 0 fully saturated rings. The number of benzene rings is 1. The van der Waals surface area contributed by atoms with Crippen molar-refractivity contribution < 1.29 is 13.9 Å². The van der Waals surface area contributed by atoms with Gasteiger partial charge in [0.15, 0.2) is 5.69 Å². The second-order valence-electron chi connectivity index (χ2n) is 4.24. The van der Waals surface area contributed by atoms with Crippen molar-refractivity contribution in [2.75, 3.05) is 6.61 Å². The fourth-order valence-corrected chi connectivity index (χ4v) is 1.83. The fraction of sp³-hybridized carbons (Fsp3) is 0.308. The van der Waals surface area contributed by atoms with Crippen molar-refractivity contribution in [2.45, 2.75) is 20.0 Å².